The maximum absolute atomic E-state index is 12.3. The summed E-state index contributed by atoms with van der Waals surface area (Å²) in [7, 11) is 0. The van der Waals surface area contributed by atoms with Crippen LogP contribution < -0.4 is 11.1 Å². The fraction of sp³-hybridized carbons (Fsp3) is 0.923. The largest absolute Gasteiger partial charge is 0.381 e. The van der Waals surface area contributed by atoms with Gasteiger partial charge in [-0.1, -0.05) is 12.8 Å². The molecule has 0 spiro atoms. The fourth-order valence-corrected chi connectivity index (χ4v) is 2.93. The molecule has 1 saturated carbocycles. The average Bonchev–Trinajstić information content (AvgIpc) is 2.90. The van der Waals surface area contributed by atoms with Crippen molar-refractivity contribution in [2.75, 3.05) is 26.3 Å². The highest BCUT2D eigenvalue weighted by atomic mass is 16.5. The van der Waals surface area contributed by atoms with Gasteiger partial charge in [0.2, 0.25) is 5.91 Å². The lowest BCUT2D eigenvalue weighted by Crippen LogP contribution is -2.49. The summed E-state index contributed by atoms with van der Waals surface area (Å²) < 4.78 is 5.32. The first kappa shape index (κ1) is 12.8. The molecule has 4 nitrogen and oxygen atoms in total. The summed E-state index contributed by atoms with van der Waals surface area (Å²) in [4.78, 5) is 12.3. The lowest BCUT2D eigenvalue weighted by Gasteiger charge is -2.34. The average molecular weight is 240 g/mol. The Bertz CT molecular complexity index is 256. The summed E-state index contributed by atoms with van der Waals surface area (Å²) in [6.45, 7) is 2.59. The van der Waals surface area contributed by atoms with Crippen molar-refractivity contribution in [3.05, 3.63) is 0 Å². The van der Waals surface area contributed by atoms with Gasteiger partial charge < -0.3 is 15.8 Å². The highest BCUT2D eigenvalue weighted by Crippen LogP contribution is 2.30. The quantitative estimate of drug-likeness (QED) is 0.772. The van der Waals surface area contributed by atoms with Crippen LogP contribution in [0, 0.1) is 11.3 Å². The Balaban J connectivity index is 1.83. The van der Waals surface area contributed by atoms with E-state index in [1.165, 1.54) is 25.7 Å². The van der Waals surface area contributed by atoms with Gasteiger partial charge in [0.1, 0.15) is 0 Å². The molecule has 2 fully saturated rings. The Kier molecular flexibility index (Phi) is 4.40. The van der Waals surface area contributed by atoms with Crippen LogP contribution in [0.2, 0.25) is 0 Å². The van der Waals surface area contributed by atoms with Crippen LogP contribution in [-0.2, 0) is 9.53 Å². The number of rotatable bonds is 4. The minimum atomic E-state index is -0.364. The molecule has 0 aromatic heterocycles. The molecule has 98 valence electrons. The second-order valence-electron chi connectivity index (χ2n) is 5.46. The third-order valence-electron chi connectivity index (χ3n) is 4.35. The first-order valence-electron chi connectivity index (χ1n) is 6.83. The van der Waals surface area contributed by atoms with Crippen molar-refractivity contribution in [3.63, 3.8) is 0 Å². The summed E-state index contributed by atoms with van der Waals surface area (Å²) in [6.07, 6.45) is 6.69. The third-order valence-corrected chi connectivity index (χ3v) is 4.35. The normalized spacial score (nSPS) is 24.8. The van der Waals surface area contributed by atoms with Crippen molar-refractivity contribution in [2.24, 2.45) is 17.1 Å². The molecule has 0 aromatic carbocycles. The van der Waals surface area contributed by atoms with E-state index in [0.717, 1.165) is 19.4 Å². The van der Waals surface area contributed by atoms with E-state index in [1.54, 1.807) is 0 Å². The number of ether oxygens (including phenoxy) is 1. The lowest BCUT2D eigenvalue weighted by atomic mass is 9.79. The number of nitrogens with two attached hydrogens (primary N) is 1. The van der Waals surface area contributed by atoms with E-state index in [2.05, 4.69) is 5.32 Å². The number of nitrogens with one attached hydrogen (secondary N) is 1. The second-order valence-corrected chi connectivity index (χ2v) is 5.46. The van der Waals surface area contributed by atoms with E-state index in [0.29, 0.717) is 25.7 Å². The molecule has 1 heterocycles. The fourth-order valence-electron chi connectivity index (χ4n) is 2.93. The predicted octanol–water partition coefficient (Wildman–Crippen LogP) is 1.05. The molecule has 3 N–H and O–H groups in total. The van der Waals surface area contributed by atoms with Gasteiger partial charge in [0.15, 0.2) is 0 Å². The van der Waals surface area contributed by atoms with E-state index in [4.69, 9.17) is 10.5 Å². The van der Waals surface area contributed by atoms with Crippen molar-refractivity contribution in [2.45, 2.75) is 38.5 Å². The van der Waals surface area contributed by atoms with Crippen LogP contribution >= 0.6 is 0 Å². The molecule has 4 heteroatoms. The van der Waals surface area contributed by atoms with Gasteiger partial charge in [-0.2, -0.15) is 0 Å². The maximum Gasteiger partial charge on any atom is 0.227 e. The van der Waals surface area contributed by atoms with E-state index in [-0.39, 0.29) is 11.3 Å². The molecule has 0 atom stereocenters. The Hall–Kier alpha value is -0.610. The number of amides is 1. The van der Waals surface area contributed by atoms with Crippen LogP contribution in [0.5, 0.6) is 0 Å². The topological polar surface area (TPSA) is 64.4 Å². The van der Waals surface area contributed by atoms with Crippen molar-refractivity contribution in [1.29, 1.82) is 0 Å². The highest BCUT2D eigenvalue weighted by molar-refractivity contribution is 5.83. The van der Waals surface area contributed by atoms with Gasteiger partial charge in [-0.05, 0) is 31.6 Å². The zero-order valence-electron chi connectivity index (χ0n) is 10.5. The Morgan fingerprint density at radius 3 is 2.53 bits per heavy atom. The third kappa shape index (κ3) is 2.99. The van der Waals surface area contributed by atoms with E-state index in [9.17, 15) is 4.79 Å². The molecule has 1 aliphatic heterocycles. The van der Waals surface area contributed by atoms with Crippen LogP contribution in [0.1, 0.15) is 38.5 Å². The first-order valence-corrected chi connectivity index (χ1v) is 6.83. The standard InChI is InChI=1S/C13H24N2O2/c14-10-13(5-7-17-8-6-13)12(16)15-9-11-3-1-2-4-11/h11H,1-10,14H2,(H,15,16). The van der Waals surface area contributed by atoms with Gasteiger partial charge in [-0.15, -0.1) is 0 Å². The van der Waals surface area contributed by atoms with Gasteiger partial charge >= 0.3 is 0 Å². The van der Waals surface area contributed by atoms with Crippen molar-refractivity contribution in [1.82, 2.24) is 5.32 Å². The zero-order valence-corrected chi connectivity index (χ0v) is 10.5. The van der Waals surface area contributed by atoms with Crippen molar-refractivity contribution >= 4 is 5.91 Å². The molecule has 0 radical (unpaired) electrons. The molecule has 0 bridgehead atoms. The molecule has 17 heavy (non-hydrogen) atoms. The number of carbonyl (C=O) groups excluding carboxylic acids is 1. The minimum Gasteiger partial charge on any atom is -0.381 e. The van der Waals surface area contributed by atoms with Gasteiger partial charge in [0.25, 0.3) is 0 Å². The molecule has 0 aromatic rings. The zero-order chi connectivity index (χ0) is 12.1. The first-order chi connectivity index (χ1) is 8.27. The smallest absolute Gasteiger partial charge is 0.227 e. The Morgan fingerprint density at radius 1 is 1.29 bits per heavy atom. The van der Waals surface area contributed by atoms with Crippen molar-refractivity contribution < 1.29 is 9.53 Å². The van der Waals surface area contributed by atoms with E-state index in [1.807, 2.05) is 0 Å². The van der Waals surface area contributed by atoms with Crippen LogP contribution in [-0.4, -0.2) is 32.2 Å². The minimum absolute atomic E-state index is 0.148. The molecule has 1 amide bonds. The summed E-state index contributed by atoms with van der Waals surface area (Å²) in [5.41, 5.74) is 5.44. The molecule has 2 aliphatic rings. The maximum atomic E-state index is 12.3. The van der Waals surface area contributed by atoms with Gasteiger partial charge in [0.05, 0.1) is 5.41 Å². The number of carbonyl (C=O) groups is 1. The van der Waals surface area contributed by atoms with Gasteiger partial charge in [-0.3, -0.25) is 4.79 Å². The summed E-state index contributed by atoms with van der Waals surface area (Å²) in [5.74, 6) is 0.837. The van der Waals surface area contributed by atoms with E-state index < -0.39 is 0 Å². The second kappa shape index (κ2) is 5.83. The molecule has 1 aliphatic carbocycles. The molecular formula is C13H24N2O2. The summed E-state index contributed by atoms with van der Waals surface area (Å²) in [5, 5.41) is 3.11. The van der Waals surface area contributed by atoms with Crippen LogP contribution in [0.4, 0.5) is 0 Å². The Labute approximate surface area is 103 Å². The molecule has 1 saturated heterocycles. The molecular weight excluding hydrogens is 216 g/mol. The lowest BCUT2D eigenvalue weighted by molar-refractivity contribution is -0.136. The van der Waals surface area contributed by atoms with Gasteiger partial charge in [0, 0.05) is 26.3 Å². The number of hydrogen-bond donors (Lipinski definition) is 2. The predicted molar refractivity (Wildman–Crippen MR) is 66.5 cm³/mol. The summed E-state index contributed by atoms with van der Waals surface area (Å²) in [6, 6.07) is 0. The van der Waals surface area contributed by atoms with Crippen LogP contribution in [0.15, 0.2) is 0 Å². The molecule has 0 unspecified atom stereocenters. The van der Waals surface area contributed by atoms with E-state index >= 15 is 0 Å². The van der Waals surface area contributed by atoms with Crippen LogP contribution in [0.25, 0.3) is 0 Å². The molecule has 2 rings (SSSR count). The summed E-state index contributed by atoms with van der Waals surface area (Å²) >= 11 is 0. The van der Waals surface area contributed by atoms with Crippen LogP contribution in [0.3, 0.4) is 0 Å². The Morgan fingerprint density at radius 2 is 1.94 bits per heavy atom. The SMILES string of the molecule is NCC1(C(=O)NCC2CCCC2)CCOCC1. The van der Waals surface area contributed by atoms with Gasteiger partial charge in [-0.25, -0.2) is 0 Å². The van der Waals surface area contributed by atoms with Crippen molar-refractivity contribution in [3.8, 4) is 0 Å². The monoisotopic (exact) mass is 240 g/mol. The highest BCUT2D eigenvalue weighted by Gasteiger charge is 2.38. The number of hydrogen-bond acceptors (Lipinski definition) is 3.